The van der Waals surface area contributed by atoms with Crippen LogP contribution in [0.2, 0.25) is 0 Å². The van der Waals surface area contributed by atoms with Gasteiger partial charge in [0.25, 0.3) is 6.43 Å². The van der Waals surface area contributed by atoms with Gasteiger partial charge >= 0.3 is 0 Å². The van der Waals surface area contributed by atoms with Gasteiger partial charge in [-0.05, 0) is 31.6 Å². The molecule has 19 heavy (non-hydrogen) atoms. The molecule has 0 heterocycles. The van der Waals surface area contributed by atoms with E-state index in [0.29, 0.717) is 11.8 Å². The van der Waals surface area contributed by atoms with E-state index < -0.39 is 13.0 Å². The van der Waals surface area contributed by atoms with E-state index in [9.17, 15) is 13.6 Å². The number of alkyl halides is 3. The fourth-order valence-electron chi connectivity index (χ4n) is 2.30. The van der Waals surface area contributed by atoms with Crippen molar-refractivity contribution in [1.82, 2.24) is 5.32 Å². The van der Waals surface area contributed by atoms with Crippen LogP contribution in [-0.2, 0) is 9.53 Å². The van der Waals surface area contributed by atoms with E-state index >= 15 is 0 Å². The lowest BCUT2D eigenvalue weighted by Gasteiger charge is -2.38. The summed E-state index contributed by atoms with van der Waals surface area (Å²) in [7, 11) is 0. The van der Waals surface area contributed by atoms with Gasteiger partial charge in [0.05, 0.1) is 12.1 Å². The second-order valence-corrected chi connectivity index (χ2v) is 5.63. The van der Waals surface area contributed by atoms with Gasteiger partial charge in [0.15, 0.2) is 0 Å². The van der Waals surface area contributed by atoms with Crippen molar-refractivity contribution < 1.29 is 18.3 Å². The molecule has 1 rings (SSSR count). The van der Waals surface area contributed by atoms with Gasteiger partial charge in [-0.2, -0.15) is 0 Å². The maximum atomic E-state index is 11.8. The Morgan fingerprint density at radius 2 is 2.11 bits per heavy atom. The highest BCUT2D eigenvalue weighted by Crippen LogP contribution is 2.32. The largest absolute Gasteiger partial charge is 0.375 e. The summed E-state index contributed by atoms with van der Waals surface area (Å²) in [5.41, 5.74) is -0.326. The zero-order valence-corrected chi connectivity index (χ0v) is 12.0. The fraction of sp³-hybridized carbons (Fsp3) is 0.923. The molecule has 3 nitrogen and oxygen atoms in total. The summed E-state index contributed by atoms with van der Waals surface area (Å²) in [4.78, 5) is 11.8. The molecule has 1 saturated carbocycles. The molecule has 1 amide bonds. The Morgan fingerprint density at radius 3 is 2.63 bits per heavy atom. The Balaban J connectivity index is 2.29. The minimum Gasteiger partial charge on any atom is -0.375 e. The molecule has 0 unspecified atom stereocenters. The van der Waals surface area contributed by atoms with Crippen LogP contribution in [0.3, 0.4) is 0 Å². The number of carbonyl (C=O) groups is 1. The Bertz CT molecular complexity index is 282. The first-order valence-corrected chi connectivity index (χ1v) is 7.24. The number of amides is 1. The second-order valence-electron chi connectivity index (χ2n) is 5.36. The van der Waals surface area contributed by atoms with Crippen LogP contribution in [-0.4, -0.2) is 37.0 Å². The van der Waals surface area contributed by atoms with E-state index in [2.05, 4.69) is 12.2 Å². The van der Waals surface area contributed by atoms with Crippen molar-refractivity contribution in [2.45, 2.75) is 51.0 Å². The number of nitrogens with one attached hydrogen (secondary N) is 1. The minimum absolute atomic E-state index is 0.0188. The predicted molar refractivity (Wildman–Crippen MR) is 70.7 cm³/mol. The van der Waals surface area contributed by atoms with E-state index in [0.717, 1.165) is 25.7 Å². The van der Waals surface area contributed by atoms with Gasteiger partial charge in [0, 0.05) is 12.3 Å². The number of rotatable bonds is 7. The number of hydrogen-bond donors (Lipinski definition) is 1. The molecule has 0 saturated heterocycles. The highest BCUT2D eigenvalue weighted by Gasteiger charge is 2.34. The van der Waals surface area contributed by atoms with E-state index in [1.807, 2.05) is 0 Å². The summed E-state index contributed by atoms with van der Waals surface area (Å²) in [5.74, 6) is 0.885. The molecule has 1 aliphatic carbocycles. The molecule has 0 spiro atoms. The van der Waals surface area contributed by atoms with Crippen LogP contribution in [0.4, 0.5) is 8.78 Å². The molecule has 0 atom stereocenters. The van der Waals surface area contributed by atoms with Gasteiger partial charge in [-0.25, -0.2) is 8.78 Å². The smallest absolute Gasteiger partial charge is 0.261 e. The number of halogens is 3. The molecule has 112 valence electrons. The molecular formula is C13H22ClF2NO2. The summed E-state index contributed by atoms with van der Waals surface area (Å²) in [6, 6.07) is 0. The molecule has 1 fully saturated rings. The quantitative estimate of drug-likeness (QED) is 0.579. The van der Waals surface area contributed by atoms with Gasteiger partial charge in [-0.3, -0.25) is 4.79 Å². The van der Waals surface area contributed by atoms with Crippen molar-refractivity contribution >= 4 is 17.5 Å². The molecule has 0 bridgehead atoms. The third kappa shape index (κ3) is 6.04. The van der Waals surface area contributed by atoms with Crippen LogP contribution in [0.5, 0.6) is 0 Å². The molecule has 0 aliphatic heterocycles. The van der Waals surface area contributed by atoms with E-state index in [1.165, 1.54) is 0 Å². The van der Waals surface area contributed by atoms with Crippen LogP contribution in [0, 0.1) is 5.92 Å². The van der Waals surface area contributed by atoms with Gasteiger partial charge in [-0.15, -0.1) is 11.6 Å². The predicted octanol–water partition coefficient (Wildman–Crippen LogP) is 2.96. The average Bonchev–Trinajstić information content (AvgIpc) is 2.38. The molecule has 0 aromatic rings. The van der Waals surface area contributed by atoms with Crippen molar-refractivity contribution in [3.8, 4) is 0 Å². The molecule has 1 aliphatic rings. The summed E-state index contributed by atoms with van der Waals surface area (Å²) in [6.07, 6.45) is 1.46. The van der Waals surface area contributed by atoms with E-state index in [1.54, 1.807) is 0 Å². The van der Waals surface area contributed by atoms with E-state index in [4.69, 9.17) is 16.3 Å². The topological polar surface area (TPSA) is 38.3 Å². The molecule has 1 N–H and O–H groups in total. The fourth-order valence-corrected chi connectivity index (χ4v) is 2.64. The molecular weight excluding hydrogens is 276 g/mol. The first-order valence-electron chi connectivity index (χ1n) is 6.70. The molecule has 0 radical (unpaired) electrons. The maximum absolute atomic E-state index is 11.8. The van der Waals surface area contributed by atoms with Crippen molar-refractivity contribution in [2.75, 3.05) is 19.1 Å². The zero-order chi connectivity index (χ0) is 14.3. The lowest BCUT2D eigenvalue weighted by molar-refractivity contribution is -0.124. The first kappa shape index (κ1) is 16.6. The summed E-state index contributed by atoms with van der Waals surface area (Å²) in [5, 5.41) is 2.95. The highest BCUT2D eigenvalue weighted by atomic mass is 35.5. The number of carbonyl (C=O) groups excluding carboxylic acids is 1. The van der Waals surface area contributed by atoms with Crippen LogP contribution in [0.15, 0.2) is 0 Å². The van der Waals surface area contributed by atoms with Gasteiger partial charge in [0.1, 0.15) is 6.61 Å². The highest BCUT2D eigenvalue weighted by molar-refractivity contribution is 6.18. The second kappa shape index (κ2) is 8.00. The zero-order valence-electron chi connectivity index (χ0n) is 11.3. The van der Waals surface area contributed by atoms with Crippen LogP contribution >= 0.6 is 11.6 Å². The SMILES string of the molecule is CC1CCC(CCl)(NC(=O)CCOCC(F)F)CC1. The van der Waals surface area contributed by atoms with Crippen LogP contribution in [0.1, 0.15) is 39.0 Å². The normalized spacial score (nSPS) is 27.5. The van der Waals surface area contributed by atoms with Crippen molar-refractivity contribution in [1.29, 1.82) is 0 Å². The Morgan fingerprint density at radius 1 is 1.47 bits per heavy atom. The van der Waals surface area contributed by atoms with Crippen molar-refractivity contribution in [3.63, 3.8) is 0 Å². The third-order valence-corrected chi connectivity index (χ3v) is 4.12. The average molecular weight is 298 g/mol. The molecule has 0 aromatic heterocycles. The minimum atomic E-state index is -2.49. The first-order chi connectivity index (χ1) is 8.97. The van der Waals surface area contributed by atoms with Gasteiger partial charge in [-0.1, -0.05) is 6.92 Å². The summed E-state index contributed by atoms with van der Waals surface area (Å²) >= 11 is 5.99. The summed E-state index contributed by atoms with van der Waals surface area (Å²) < 4.78 is 28.4. The molecule has 0 aromatic carbocycles. The number of hydrogen-bond acceptors (Lipinski definition) is 2. The van der Waals surface area contributed by atoms with Crippen LogP contribution in [0.25, 0.3) is 0 Å². The summed E-state index contributed by atoms with van der Waals surface area (Å²) in [6.45, 7) is 1.59. The lowest BCUT2D eigenvalue weighted by Crippen LogP contribution is -2.52. The Labute approximate surface area is 118 Å². The maximum Gasteiger partial charge on any atom is 0.261 e. The van der Waals surface area contributed by atoms with Gasteiger partial charge in [0.2, 0.25) is 5.91 Å². The van der Waals surface area contributed by atoms with Crippen molar-refractivity contribution in [3.05, 3.63) is 0 Å². The monoisotopic (exact) mass is 297 g/mol. The Hall–Kier alpha value is -0.420. The third-order valence-electron chi connectivity index (χ3n) is 3.61. The van der Waals surface area contributed by atoms with Crippen molar-refractivity contribution in [2.24, 2.45) is 5.92 Å². The molecule has 6 heteroatoms. The number of ether oxygens (including phenoxy) is 1. The lowest BCUT2D eigenvalue weighted by atomic mass is 9.78. The van der Waals surface area contributed by atoms with E-state index in [-0.39, 0.29) is 24.5 Å². The van der Waals surface area contributed by atoms with Crippen LogP contribution < -0.4 is 5.32 Å². The Kier molecular flexibility index (Phi) is 7.00. The standard InChI is InChI=1S/C13H22ClF2NO2/c1-10-2-5-13(9-14,6-3-10)17-12(18)4-7-19-8-11(15)16/h10-11H,2-9H2,1H3,(H,17,18). The van der Waals surface area contributed by atoms with Gasteiger partial charge < -0.3 is 10.1 Å².